The summed E-state index contributed by atoms with van der Waals surface area (Å²) in [5.74, 6) is 0.644. The highest BCUT2D eigenvalue weighted by molar-refractivity contribution is 5.94. The van der Waals surface area contributed by atoms with Crippen LogP contribution in [0.15, 0.2) is 36.7 Å². The van der Waals surface area contributed by atoms with Crippen molar-refractivity contribution in [2.45, 2.75) is 31.8 Å². The van der Waals surface area contributed by atoms with Crippen molar-refractivity contribution in [1.82, 2.24) is 19.8 Å². The molecular formula is C19H24N4O. The largest absolute Gasteiger partial charge is 0.346 e. The molecule has 0 aromatic carbocycles. The summed E-state index contributed by atoms with van der Waals surface area (Å²) in [6, 6.07) is 8.52. The molecule has 1 N–H and O–H groups in total. The van der Waals surface area contributed by atoms with E-state index in [1.165, 1.54) is 25.9 Å². The Labute approximate surface area is 142 Å². The molecule has 2 aromatic rings. The molecule has 126 valence electrons. The molecule has 5 heteroatoms. The number of amides is 1. The standard InChI is InChI=1S/C19H24N4O/c1-13-18(14-7-10-23(13)11-8-14)21-19(24)17-6-5-16(22(17)2)15-4-3-9-20-12-15/h3-6,9,12-14,18H,7-8,10-11H2,1-2H3,(H,21,24)/t13-,18-/m0/s1. The summed E-state index contributed by atoms with van der Waals surface area (Å²) in [5.41, 5.74) is 2.74. The van der Waals surface area contributed by atoms with E-state index >= 15 is 0 Å². The maximum absolute atomic E-state index is 12.8. The lowest BCUT2D eigenvalue weighted by atomic mass is 9.79. The summed E-state index contributed by atoms with van der Waals surface area (Å²) in [6.45, 7) is 4.59. The van der Waals surface area contributed by atoms with Gasteiger partial charge in [-0.25, -0.2) is 0 Å². The molecule has 0 radical (unpaired) electrons. The monoisotopic (exact) mass is 324 g/mol. The van der Waals surface area contributed by atoms with E-state index in [9.17, 15) is 4.79 Å². The van der Waals surface area contributed by atoms with Gasteiger partial charge < -0.3 is 9.88 Å². The Balaban J connectivity index is 1.54. The van der Waals surface area contributed by atoms with Crippen LogP contribution in [0.4, 0.5) is 0 Å². The highest BCUT2D eigenvalue weighted by Crippen LogP contribution is 2.32. The first kappa shape index (κ1) is 15.4. The van der Waals surface area contributed by atoms with Crippen molar-refractivity contribution < 1.29 is 4.79 Å². The first-order chi connectivity index (χ1) is 11.6. The molecule has 0 aliphatic carbocycles. The van der Waals surface area contributed by atoms with Crippen LogP contribution < -0.4 is 5.32 Å². The van der Waals surface area contributed by atoms with Crippen LogP contribution in [0.25, 0.3) is 11.3 Å². The Hall–Kier alpha value is -2.14. The van der Waals surface area contributed by atoms with Gasteiger partial charge in [0.2, 0.25) is 0 Å². The van der Waals surface area contributed by atoms with Gasteiger partial charge in [0.05, 0.1) is 0 Å². The fraction of sp³-hybridized carbons (Fsp3) is 0.474. The molecule has 5 rings (SSSR count). The summed E-state index contributed by atoms with van der Waals surface area (Å²) in [6.07, 6.45) is 5.98. The summed E-state index contributed by atoms with van der Waals surface area (Å²) < 4.78 is 1.96. The zero-order valence-electron chi connectivity index (χ0n) is 14.3. The SMILES string of the molecule is C[C@H]1[C@H](NC(=O)c2ccc(-c3cccnc3)n2C)C2CCN1CC2. The number of carbonyl (C=O) groups is 1. The van der Waals surface area contributed by atoms with Gasteiger partial charge in [0.25, 0.3) is 5.91 Å². The maximum Gasteiger partial charge on any atom is 0.268 e. The molecule has 3 aliphatic rings. The van der Waals surface area contributed by atoms with Crippen LogP contribution in [-0.2, 0) is 7.05 Å². The van der Waals surface area contributed by atoms with E-state index in [1.807, 2.05) is 42.1 Å². The van der Waals surface area contributed by atoms with Crippen LogP contribution in [-0.4, -0.2) is 45.5 Å². The number of carbonyl (C=O) groups excluding carboxylic acids is 1. The number of piperidine rings is 3. The minimum Gasteiger partial charge on any atom is -0.346 e. The average molecular weight is 324 g/mol. The van der Waals surface area contributed by atoms with Gasteiger partial charge in [0, 0.05) is 42.8 Å². The Bertz CT molecular complexity index is 729. The third kappa shape index (κ3) is 2.53. The smallest absolute Gasteiger partial charge is 0.268 e. The fourth-order valence-electron chi connectivity index (χ4n) is 4.31. The molecule has 2 aromatic heterocycles. The number of nitrogens with one attached hydrogen (secondary N) is 1. The van der Waals surface area contributed by atoms with E-state index in [4.69, 9.17) is 0 Å². The molecule has 1 amide bonds. The number of nitrogens with zero attached hydrogens (tertiary/aromatic N) is 3. The second-order valence-electron chi connectivity index (χ2n) is 7.02. The molecule has 2 atom stereocenters. The number of rotatable bonds is 3. The summed E-state index contributed by atoms with van der Waals surface area (Å²) in [7, 11) is 1.94. The molecule has 3 fully saturated rings. The van der Waals surface area contributed by atoms with Crippen LogP contribution >= 0.6 is 0 Å². The van der Waals surface area contributed by atoms with Crippen molar-refractivity contribution in [2.75, 3.05) is 13.1 Å². The number of aromatic nitrogens is 2. The van der Waals surface area contributed by atoms with Gasteiger partial charge in [0.1, 0.15) is 5.69 Å². The van der Waals surface area contributed by atoms with Gasteiger partial charge in [-0.1, -0.05) is 0 Å². The topological polar surface area (TPSA) is 50.2 Å². The number of pyridine rings is 1. The minimum absolute atomic E-state index is 0.0261. The van der Waals surface area contributed by atoms with E-state index in [1.54, 1.807) is 6.20 Å². The minimum atomic E-state index is 0.0261. The van der Waals surface area contributed by atoms with Gasteiger partial charge in [0.15, 0.2) is 0 Å². The van der Waals surface area contributed by atoms with E-state index in [-0.39, 0.29) is 11.9 Å². The first-order valence-electron chi connectivity index (χ1n) is 8.76. The van der Waals surface area contributed by atoms with Gasteiger partial charge in [-0.15, -0.1) is 0 Å². The van der Waals surface area contributed by atoms with Gasteiger partial charge in [-0.2, -0.15) is 0 Å². The van der Waals surface area contributed by atoms with Crippen LogP contribution in [0.2, 0.25) is 0 Å². The molecule has 5 heterocycles. The van der Waals surface area contributed by atoms with Crippen LogP contribution in [0, 0.1) is 5.92 Å². The molecular weight excluding hydrogens is 300 g/mol. The Morgan fingerprint density at radius 2 is 2.04 bits per heavy atom. The lowest BCUT2D eigenvalue weighted by Crippen LogP contribution is -2.62. The highest BCUT2D eigenvalue weighted by atomic mass is 16.2. The summed E-state index contributed by atoms with van der Waals surface area (Å²) in [4.78, 5) is 19.5. The Morgan fingerprint density at radius 1 is 1.25 bits per heavy atom. The number of fused-ring (bicyclic) bond motifs is 3. The zero-order chi connectivity index (χ0) is 16.7. The summed E-state index contributed by atoms with van der Waals surface area (Å²) >= 11 is 0. The van der Waals surface area contributed by atoms with Crippen molar-refractivity contribution in [1.29, 1.82) is 0 Å². The first-order valence-corrected chi connectivity index (χ1v) is 8.76. The quantitative estimate of drug-likeness (QED) is 0.942. The predicted molar refractivity (Wildman–Crippen MR) is 93.7 cm³/mol. The third-order valence-electron chi connectivity index (χ3n) is 5.79. The predicted octanol–water partition coefficient (Wildman–Crippen LogP) is 2.30. The van der Waals surface area contributed by atoms with E-state index in [0.29, 0.717) is 17.7 Å². The fourth-order valence-corrected chi connectivity index (χ4v) is 4.31. The number of hydrogen-bond acceptors (Lipinski definition) is 3. The summed E-state index contributed by atoms with van der Waals surface area (Å²) in [5, 5.41) is 3.30. The van der Waals surface area contributed by atoms with Gasteiger partial charge in [-0.3, -0.25) is 14.7 Å². The average Bonchev–Trinajstić information content (AvgIpc) is 3.01. The van der Waals surface area contributed by atoms with Crippen LogP contribution in [0.5, 0.6) is 0 Å². The molecule has 2 bridgehead atoms. The second kappa shape index (κ2) is 6.06. The van der Waals surface area contributed by atoms with E-state index < -0.39 is 0 Å². The van der Waals surface area contributed by atoms with Crippen molar-refractivity contribution >= 4 is 5.91 Å². The molecule has 5 nitrogen and oxygen atoms in total. The third-order valence-corrected chi connectivity index (χ3v) is 5.79. The molecule has 0 spiro atoms. The molecule has 3 aliphatic heterocycles. The van der Waals surface area contributed by atoms with E-state index in [2.05, 4.69) is 22.1 Å². The van der Waals surface area contributed by atoms with Gasteiger partial charge in [-0.05, 0) is 63.0 Å². The van der Waals surface area contributed by atoms with Gasteiger partial charge >= 0.3 is 0 Å². The van der Waals surface area contributed by atoms with Crippen molar-refractivity contribution in [3.05, 3.63) is 42.4 Å². The Kier molecular flexibility index (Phi) is 3.88. The lowest BCUT2D eigenvalue weighted by molar-refractivity contribution is 0.0215. The number of hydrogen-bond donors (Lipinski definition) is 1. The molecule has 3 saturated heterocycles. The van der Waals surface area contributed by atoms with Crippen LogP contribution in [0.3, 0.4) is 0 Å². The van der Waals surface area contributed by atoms with Crippen molar-refractivity contribution in [3.63, 3.8) is 0 Å². The van der Waals surface area contributed by atoms with Crippen molar-refractivity contribution in [3.8, 4) is 11.3 Å². The second-order valence-corrected chi connectivity index (χ2v) is 7.02. The molecule has 24 heavy (non-hydrogen) atoms. The Morgan fingerprint density at radius 3 is 2.71 bits per heavy atom. The van der Waals surface area contributed by atoms with E-state index in [0.717, 1.165) is 11.3 Å². The van der Waals surface area contributed by atoms with Crippen molar-refractivity contribution in [2.24, 2.45) is 13.0 Å². The normalized spacial score (nSPS) is 28.8. The molecule has 0 unspecified atom stereocenters. The maximum atomic E-state index is 12.8. The molecule has 0 saturated carbocycles. The highest BCUT2D eigenvalue weighted by Gasteiger charge is 2.40. The lowest BCUT2D eigenvalue weighted by Gasteiger charge is -2.49. The van der Waals surface area contributed by atoms with Crippen LogP contribution in [0.1, 0.15) is 30.3 Å². The zero-order valence-corrected chi connectivity index (χ0v) is 14.3.